The van der Waals surface area contributed by atoms with Crippen LogP contribution in [-0.4, -0.2) is 24.7 Å². The van der Waals surface area contributed by atoms with E-state index in [1.165, 1.54) is 18.6 Å². The molecular weight excluding hydrogens is 345 g/mol. The van der Waals surface area contributed by atoms with Crippen LogP contribution >= 0.6 is 0 Å². The molecule has 3 aromatic rings. The zero-order chi connectivity index (χ0) is 18.0. The van der Waals surface area contributed by atoms with E-state index in [0.717, 1.165) is 0 Å². The standard InChI is InChI=1S/C17H12FN3O3S/c18-17-16(25(19,23)24)15(13-5-7-20-8-6-13)14(9-21-17)12-3-1-11(10-22)2-4-12/h1-10H,(H2,19,23,24). The van der Waals surface area contributed by atoms with Crippen molar-refractivity contribution in [2.75, 3.05) is 0 Å². The average molecular weight is 357 g/mol. The topological polar surface area (TPSA) is 103 Å². The molecular formula is C17H12FN3O3S. The lowest BCUT2D eigenvalue weighted by molar-refractivity contribution is 0.112. The summed E-state index contributed by atoms with van der Waals surface area (Å²) in [6, 6.07) is 9.48. The number of primary sulfonamides is 1. The maximum Gasteiger partial charge on any atom is 0.243 e. The number of carbonyl (C=O) groups is 1. The molecule has 0 amide bonds. The fourth-order valence-corrected chi connectivity index (χ4v) is 3.29. The zero-order valence-corrected chi connectivity index (χ0v) is 13.6. The fourth-order valence-electron chi connectivity index (χ4n) is 2.49. The molecule has 6 nitrogen and oxygen atoms in total. The summed E-state index contributed by atoms with van der Waals surface area (Å²) in [4.78, 5) is 17.5. The van der Waals surface area contributed by atoms with E-state index in [1.807, 2.05) is 0 Å². The van der Waals surface area contributed by atoms with Gasteiger partial charge in [-0.1, -0.05) is 24.3 Å². The predicted octanol–water partition coefficient (Wildman–Crippen LogP) is 2.41. The van der Waals surface area contributed by atoms with Gasteiger partial charge in [-0.2, -0.15) is 4.39 Å². The van der Waals surface area contributed by atoms with Gasteiger partial charge in [0.25, 0.3) is 0 Å². The second-order valence-electron chi connectivity index (χ2n) is 5.19. The number of aldehydes is 1. The molecule has 25 heavy (non-hydrogen) atoms. The highest BCUT2D eigenvalue weighted by Gasteiger charge is 2.25. The van der Waals surface area contributed by atoms with Crippen molar-refractivity contribution in [2.24, 2.45) is 5.14 Å². The van der Waals surface area contributed by atoms with E-state index >= 15 is 0 Å². The normalized spacial score (nSPS) is 11.3. The van der Waals surface area contributed by atoms with Gasteiger partial charge in [0.2, 0.25) is 16.0 Å². The molecule has 2 heterocycles. The van der Waals surface area contributed by atoms with Gasteiger partial charge in [0.05, 0.1) is 0 Å². The summed E-state index contributed by atoms with van der Waals surface area (Å²) in [7, 11) is -4.37. The van der Waals surface area contributed by atoms with E-state index < -0.39 is 20.9 Å². The van der Waals surface area contributed by atoms with E-state index in [0.29, 0.717) is 28.5 Å². The molecule has 0 saturated carbocycles. The summed E-state index contributed by atoms with van der Waals surface area (Å²) in [5.41, 5.74) is 1.91. The minimum atomic E-state index is -4.37. The number of benzene rings is 1. The van der Waals surface area contributed by atoms with Gasteiger partial charge in [0, 0.05) is 35.3 Å². The first kappa shape index (κ1) is 16.9. The Balaban J connectivity index is 2.37. The van der Waals surface area contributed by atoms with Crippen molar-refractivity contribution in [3.63, 3.8) is 0 Å². The zero-order valence-electron chi connectivity index (χ0n) is 12.8. The Morgan fingerprint density at radius 1 is 1.00 bits per heavy atom. The maximum atomic E-state index is 14.2. The summed E-state index contributed by atoms with van der Waals surface area (Å²) in [5, 5.41) is 5.22. The molecule has 0 aliphatic heterocycles. The number of hydrogen-bond acceptors (Lipinski definition) is 5. The summed E-state index contributed by atoms with van der Waals surface area (Å²) < 4.78 is 38.1. The molecule has 0 aliphatic rings. The minimum absolute atomic E-state index is 0.0938. The molecule has 2 N–H and O–H groups in total. The lowest BCUT2D eigenvalue weighted by Crippen LogP contribution is -2.17. The van der Waals surface area contributed by atoms with Gasteiger partial charge in [-0.3, -0.25) is 9.78 Å². The predicted molar refractivity (Wildman–Crippen MR) is 89.6 cm³/mol. The van der Waals surface area contributed by atoms with Gasteiger partial charge in [0.1, 0.15) is 11.2 Å². The Kier molecular flexibility index (Phi) is 4.39. The quantitative estimate of drug-likeness (QED) is 0.570. The van der Waals surface area contributed by atoms with E-state index in [2.05, 4.69) is 9.97 Å². The van der Waals surface area contributed by atoms with E-state index in [9.17, 15) is 17.6 Å². The number of hydrogen-bond donors (Lipinski definition) is 1. The molecule has 0 radical (unpaired) electrons. The monoisotopic (exact) mass is 357 g/mol. The highest BCUT2D eigenvalue weighted by Crippen LogP contribution is 2.37. The number of halogens is 1. The lowest BCUT2D eigenvalue weighted by atomic mass is 9.96. The van der Waals surface area contributed by atoms with E-state index in [4.69, 9.17) is 5.14 Å². The average Bonchev–Trinajstić information content (AvgIpc) is 2.61. The van der Waals surface area contributed by atoms with Crippen LogP contribution in [0.2, 0.25) is 0 Å². The van der Waals surface area contributed by atoms with Crippen LogP contribution in [0.3, 0.4) is 0 Å². The number of nitrogens with zero attached hydrogens (tertiary/aromatic N) is 2. The van der Waals surface area contributed by atoms with Crippen LogP contribution in [0.15, 0.2) is 59.9 Å². The van der Waals surface area contributed by atoms with Gasteiger partial charge in [-0.15, -0.1) is 0 Å². The van der Waals surface area contributed by atoms with E-state index in [-0.39, 0.29) is 5.56 Å². The number of sulfonamides is 1. The van der Waals surface area contributed by atoms with Crippen LogP contribution in [0.4, 0.5) is 4.39 Å². The Hall–Kier alpha value is -2.97. The summed E-state index contributed by atoms with van der Waals surface area (Å²) >= 11 is 0. The Morgan fingerprint density at radius 3 is 2.20 bits per heavy atom. The molecule has 3 rings (SSSR count). The van der Waals surface area contributed by atoms with E-state index in [1.54, 1.807) is 36.4 Å². The van der Waals surface area contributed by atoms with Crippen molar-refractivity contribution in [2.45, 2.75) is 4.90 Å². The number of rotatable bonds is 4. The third-order valence-corrected chi connectivity index (χ3v) is 4.54. The smallest absolute Gasteiger partial charge is 0.243 e. The molecule has 0 unspecified atom stereocenters. The Labute approximate surface area is 143 Å². The third-order valence-electron chi connectivity index (χ3n) is 3.60. The summed E-state index contributed by atoms with van der Waals surface area (Å²) in [5.74, 6) is -1.18. The SMILES string of the molecule is NS(=O)(=O)c1c(F)ncc(-c2ccc(C=O)cc2)c1-c1ccncc1. The van der Waals surface area contributed by atoms with Crippen molar-refractivity contribution in [1.82, 2.24) is 9.97 Å². The number of aromatic nitrogens is 2. The van der Waals surface area contributed by atoms with Gasteiger partial charge < -0.3 is 0 Å². The second-order valence-corrected chi connectivity index (χ2v) is 6.69. The number of nitrogens with two attached hydrogens (primary N) is 1. The highest BCUT2D eigenvalue weighted by molar-refractivity contribution is 7.89. The molecule has 0 saturated heterocycles. The molecule has 126 valence electrons. The number of carbonyl (C=O) groups excluding carboxylic acids is 1. The molecule has 8 heteroatoms. The summed E-state index contributed by atoms with van der Waals surface area (Å²) in [6.07, 6.45) is 4.83. The first-order valence-electron chi connectivity index (χ1n) is 7.09. The first-order chi connectivity index (χ1) is 11.9. The van der Waals surface area contributed by atoms with Crippen molar-refractivity contribution in [3.05, 3.63) is 66.5 Å². The lowest BCUT2D eigenvalue weighted by Gasteiger charge is -2.14. The van der Waals surface area contributed by atoms with Crippen molar-refractivity contribution < 1.29 is 17.6 Å². The van der Waals surface area contributed by atoms with Gasteiger partial charge in [-0.25, -0.2) is 18.5 Å². The molecule has 0 bridgehead atoms. The Bertz CT molecular complexity index is 1040. The van der Waals surface area contributed by atoms with Gasteiger partial charge >= 0.3 is 0 Å². The molecule has 0 atom stereocenters. The van der Waals surface area contributed by atoms with Crippen LogP contribution in [0.25, 0.3) is 22.3 Å². The van der Waals surface area contributed by atoms with Crippen molar-refractivity contribution >= 4 is 16.3 Å². The van der Waals surface area contributed by atoms with Gasteiger partial charge in [0.15, 0.2) is 0 Å². The maximum absolute atomic E-state index is 14.2. The van der Waals surface area contributed by atoms with Crippen molar-refractivity contribution in [3.8, 4) is 22.3 Å². The van der Waals surface area contributed by atoms with Gasteiger partial charge in [-0.05, 0) is 23.3 Å². The largest absolute Gasteiger partial charge is 0.298 e. The fraction of sp³-hybridized carbons (Fsp3) is 0. The van der Waals surface area contributed by atoms with Crippen LogP contribution < -0.4 is 5.14 Å². The number of pyridine rings is 2. The molecule has 0 aliphatic carbocycles. The van der Waals surface area contributed by atoms with Crippen LogP contribution in [0, 0.1) is 5.95 Å². The highest BCUT2D eigenvalue weighted by atomic mass is 32.2. The second kappa shape index (κ2) is 6.50. The Morgan fingerprint density at radius 2 is 1.64 bits per heavy atom. The molecule has 0 fully saturated rings. The molecule has 1 aromatic carbocycles. The van der Waals surface area contributed by atoms with Crippen molar-refractivity contribution in [1.29, 1.82) is 0 Å². The summed E-state index contributed by atoms with van der Waals surface area (Å²) in [6.45, 7) is 0. The molecule has 2 aromatic heterocycles. The first-order valence-corrected chi connectivity index (χ1v) is 8.64. The third kappa shape index (κ3) is 3.30. The van der Waals surface area contributed by atoms with Crippen LogP contribution in [-0.2, 0) is 10.0 Å². The van der Waals surface area contributed by atoms with Crippen LogP contribution in [0.5, 0.6) is 0 Å². The van der Waals surface area contributed by atoms with Crippen LogP contribution in [0.1, 0.15) is 10.4 Å². The minimum Gasteiger partial charge on any atom is -0.298 e. The molecule has 0 spiro atoms.